The third-order valence-corrected chi connectivity index (χ3v) is 4.95. The van der Waals surface area contributed by atoms with E-state index in [2.05, 4.69) is 16.4 Å². The Hall–Kier alpha value is -2.98. The third kappa shape index (κ3) is 3.94. The van der Waals surface area contributed by atoms with Crippen molar-refractivity contribution < 1.29 is 10.2 Å². The minimum absolute atomic E-state index is 0.104. The van der Waals surface area contributed by atoms with Crippen molar-refractivity contribution in [3.05, 3.63) is 63.6 Å². The van der Waals surface area contributed by atoms with Gasteiger partial charge in [0.05, 0.1) is 33.4 Å². The molecule has 148 valence electrons. The van der Waals surface area contributed by atoms with E-state index in [-0.39, 0.29) is 24.6 Å². The van der Waals surface area contributed by atoms with Gasteiger partial charge < -0.3 is 15.5 Å². The highest BCUT2D eigenvalue weighted by molar-refractivity contribution is 6.38. The molecule has 0 aliphatic carbocycles. The molecule has 0 aliphatic rings. The molecule has 8 heteroatoms. The van der Waals surface area contributed by atoms with Gasteiger partial charge in [-0.3, -0.25) is 9.56 Å². The number of aliphatic imine (C=N–C) groups is 1. The number of aliphatic hydroxyl groups excluding tert-OH is 1. The van der Waals surface area contributed by atoms with Crippen LogP contribution in [-0.2, 0) is 0 Å². The lowest BCUT2D eigenvalue weighted by atomic mass is 10.1. The number of amidine groups is 1. The number of para-hydroxylation sites is 2. The Labute approximate surface area is 177 Å². The van der Waals surface area contributed by atoms with Crippen molar-refractivity contribution in [1.29, 1.82) is 5.26 Å². The largest absolute Gasteiger partial charge is 0.494 e. The summed E-state index contributed by atoms with van der Waals surface area (Å²) < 4.78 is 1.56. The number of nitrogens with one attached hydrogen (secondary N) is 1. The summed E-state index contributed by atoms with van der Waals surface area (Å²) in [4.78, 5) is 4.07. The lowest BCUT2D eigenvalue weighted by molar-refractivity contribution is 0.300. The Bertz CT molecular complexity index is 1140. The SMILES string of the molecule is CN=C(NCCO)C(C#N)=Cc1c(O)n(-c2c(Cl)cccc2Cl)c2ccccc12. The molecule has 3 rings (SSSR count). The number of aromatic hydroxyl groups is 1. The minimum atomic E-state index is -0.105. The second-order valence-corrected chi connectivity index (χ2v) is 6.87. The molecule has 0 atom stereocenters. The van der Waals surface area contributed by atoms with Crippen LogP contribution in [0.3, 0.4) is 0 Å². The molecule has 0 saturated heterocycles. The topological polar surface area (TPSA) is 93.6 Å². The lowest BCUT2D eigenvalue weighted by Gasteiger charge is -2.11. The second-order valence-electron chi connectivity index (χ2n) is 6.05. The summed E-state index contributed by atoms with van der Waals surface area (Å²) in [6, 6.07) is 14.5. The maximum absolute atomic E-state index is 11.1. The normalized spacial score (nSPS) is 12.2. The average molecular weight is 429 g/mol. The monoisotopic (exact) mass is 428 g/mol. The summed E-state index contributed by atoms with van der Waals surface area (Å²) in [5, 5.41) is 34.1. The quantitative estimate of drug-likeness (QED) is 0.323. The Morgan fingerprint density at radius 2 is 1.90 bits per heavy atom. The van der Waals surface area contributed by atoms with Gasteiger partial charge in [-0.25, -0.2) is 0 Å². The Morgan fingerprint density at radius 3 is 2.52 bits per heavy atom. The fourth-order valence-electron chi connectivity index (χ4n) is 3.09. The van der Waals surface area contributed by atoms with Crippen molar-refractivity contribution in [2.75, 3.05) is 20.2 Å². The summed E-state index contributed by atoms with van der Waals surface area (Å²) in [5.41, 5.74) is 1.77. The fourth-order valence-corrected chi connectivity index (χ4v) is 3.66. The fraction of sp³-hybridized carbons (Fsp3) is 0.143. The molecule has 3 N–H and O–H groups in total. The first kappa shape index (κ1) is 20.7. The molecule has 0 bridgehead atoms. The molecule has 0 spiro atoms. The zero-order chi connectivity index (χ0) is 21.0. The number of hydrogen-bond donors (Lipinski definition) is 3. The first-order valence-electron chi connectivity index (χ1n) is 8.74. The van der Waals surface area contributed by atoms with E-state index in [1.54, 1.807) is 28.8 Å². The average Bonchev–Trinajstić information content (AvgIpc) is 2.99. The molecule has 3 aromatic rings. The van der Waals surface area contributed by atoms with E-state index in [0.29, 0.717) is 38.0 Å². The number of hydrogen-bond acceptors (Lipinski definition) is 4. The van der Waals surface area contributed by atoms with Crippen LogP contribution in [0.4, 0.5) is 0 Å². The minimum Gasteiger partial charge on any atom is -0.494 e. The van der Waals surface area contributed by atoms with Crippen molar-refractivity contribution in [2.24, 2.45) is 4.99 Å². The van der Waals surface area contributed by atoms with Gasteiger partial charge in [-0.1, -0.05) is 47.5 Å². The second kappa shape index (κ2) is 9.01. The summed E-state index contributed by atoms with van der Waals surface area (Å²) in [7, 11) is 1.54. The van der Waals surface area contributed by atoms with Gasteiger partial charge in [-0.2, -0.15) is 5.26 Å². The predicted octanol–water partition coefficient (Wildman–Crippen LogP) is 4.16. The highest BCUT2D eigenvalue weighted by atomic mass is 35.5. The molecule has 6 nitrogen and oxygen atoms in total. The van der Waals surface area contributed by atoms with E-state index < -0.39 is 0 Å². The van der Waals surface area contributed by atoms with Crippen LogP contribution in [0, 0.1) is 11.3 Å². The predicted molar refractivity (Wildman–Crippen MR) is 117 cm³/mol. The number of rotatable bonds is 5. The first-order valence-corrected chi connectivity index (χ1v) is 9.49. The van der Waals surface area contributed by atoms with E-state index in [9.17, 15) is 10.4 Å². The van der Waals surface area contributed by atoms with Gasteiger partial charge >= 0.3 is 0 Å². The van der Waals surface area contributed by atoms with Crippen LogP contribution in [0.5, 0.6) is 5.88 Å². The third-order valence-electron chi connectivity index (χ3n) is 4.34. The highest BCUT2D eigenvalue weighted by Gasteiger charge is 2.21. The summed E-state index contributed by atoms with van der Waals surface area (Å²) in [6.07, 6.45) is 1.55. The molecule has 0 aliphatic heterocycles. The van der Waals surface area contributed by atoms with E-state index in [4.69, 9.17) is 28.3 Å². The zero-order valence-corrected chi connectivity index (χ0v) is 17.0. The van der Waals surface area contributed by atoms with Gasteiger partial charge in [0.15, 0.2) is 0 Å². The maximum Gasteiger partial charge on any atom is 0.204 e. The van der Waals surface area contributed by atoms with Crippen LogP contribution in [-0.4, -0.2) is 40.8 Å². The molecule has 0 radical (unpaired) electrons. The molecule has 2 aromatic carbocycles. The van der Waals surface area contributed by atoms with Crippen molar-refractivity contribution in [1.82, 2.24) is 9.88 Å². The summed E-state index contributed by atoms with van der Waals surface area (Å²) in [5.74, 6) is 0.208. The lowest BCUT2D eigenvalue weighted by Crippen LogP contribution is -2.27. The maximum atomic E-state index is 11.1. The van der Waals surface area contributed by atoms with Crippen LogP contribution in [0.15, 0.2) is 53.0 Å². The van der Waals surface area contributed by atoms with Crippen LogP contribution in [0.2, 0.25) is 10.0 Å². The molecular formula is C21H18Cl2N4O2. The molecular weight excluding hydrogens is 411 g/mol. The van der Waals surface area contributed by atoms with Gasteiger partial charge in [0.2, 0.25) is 5.88 Å². The van der Waals surface area contributed by atoms with Gasteiger partial charge in [-0.15, -0.1) is 0 Å². The number of aliphatic hydroxyl groups is 1. The molecule has 0 amide bonds. The molecule has 1 aromatic heterocycles. The first-order chi connectivity index (χ1) is 14.0. The number of halogens is 2. The highest BCUT2D eigenvalue weighted by Crippen LogP contribution is 2.40. The van der Waals surface area contributed by atoms with Crippen molar-refractivity contribution >= 4 is 46.0 Å². The van der Waals surface area contributed by atoms with Crippen molar-refractivity contribution in [3.8, 4) is 17.6 Å². The van der Waals surface area contributed by atoms with E-state index in [1.165, 1.54) is 7.05 Å². The Balaban J connectivity index is 2.28. The Morgan fingerprint density at radius 1 is 1.21 bits per heavy atom. The van der Waals surface area contributed by atoms with Gasteiger partial charge in [-0.05, 0) is 24.3 Å². The van der Waals surface area contributed by atoms with Crippen LogP contribution >= 0.6 is 23.2 Å². The van der Waals surface area contributed by atoms with Crippen LogP contribution < -0.4 is 5.32 Å². The number of fused-ring (bicyclic) bond motifs is 1. The molecule has 1 heterocycles. The van der Waals surface area contributed by atoms with Gasteiger partial charge in [0.25, 0.3) is 0 Å². The van der Waals surface area contributed by atoms with Crippen molar-refractivity contribution in [3.63, 3.8) is 0 Å². The van der Waals surface area contributed by atoms with E-state index in [0.717, 1.165) is 0 Å². The molecule has 0 saturated carbocycles. The smallest absolute Gasteiger partial charge is 0.204 e. The van der Waals surface area contributed by atoms with E-state index in [1.807, 2.05) is 24.3 Å². The number of nitriles is 1. The number of nitrogens with zero attached hydrogens (tertiary/aromatic N) is 3. The Kier molecular flexibility index (Phi) is 6.45. The number of aromatic nitrogens is 1. The molecule has 29 heavy (non-hydrogen) atoms. The van der Waals surface area contributed by atoms with Crippen LogP contribution in [0.1, 0.15) is 5.56 Å². The van der Waals surface area contributed by atoms with Crippen molar-refractivity contribution in [2.45, 2.75) is 0 Å². The summed E-state index contributed by atoms with van der Waals surface area (Å²) >= 11 is 12.7. The van der Waals surface area contributed by atoms with Gasteiger partial charge in [0.1, 0.15) is 11.9 Å². The standard InChI is InChI=1S/C21H18Cl2N4O2/c1-25-20(26-9-10-28)13(12-24)11-15-14-5-2-3-8-18(14)27(21(15)29)19-16(22)6-4-7-17(19)23/h2-8,11,28-29H,9-10H2,1H3,(H,25,26). The molecule has 0 fully saturated rings. The van der Waals surface area contributed by atoms with Crippen LogP contribution in [0.25, 0.3) is 22.7 Å². The molecule has 0 unspecified atom stereocenters. The van der Waals surface area contributed by atoms with Gasteiger partial charge in [0, 0.05) is 24.5 Å². The number of benzene rings is 2. The summed E-state index contributed by atoms with van der Waals surface area (Å²) in [6.45, 7) is 0.141. The zero-order valence-electron chi connectivity index (χ0n) is 15.5. The van der Waals surface area contributed by atoms with E-state index >= 15 is 0 Å².